The number of hydrogen-bond donors (Lipinski definition) is 1. The van der Waals surface area contributed by atoms with E-state index < -0.39 is 34.3 Å². The largest absolute Gasteiger partial charge is 0.352 e. The van der Waals surface area contributed by atoms with Crippen LogP contribution in [0.25, 0.3) is 0 Å². The van der Waals surface area contributed by atoms with Crippen LogP contribution in [0.5, 0.6) is 0 Å². The molecule has 0 heterocycles. The number of carbonyl (C=O) groups excluding carboxylic acids is 2. The molecule has 0 aliphatic carbocycles. The van der Waals surface area contributed by atoms with Gasteiger partial charge in [0.2, 0.25) is 11.8 Å². The van der Waals surface area contributed by atoms with E-state index in [1.807, 2.05) is 44.2 Å². The second-order valence-electron chi connectivity index (χ2n) is 10.5. The predicted octanol–water partition coefficient (Wildman–Crippen LogP) is 6.23. The van der Waals surface area contributed by atoms with Gasteiger partial charge in [-0.1, -0.05) is 79.2 Å². The molecule has 0 aromatic heterocycles. The van der Waals surface area contributed by atoms with Gasteiger partial charge in [-0.05, 0) is 73.0 Å². The minimum atomic E-state index is -4.23. The third-order valence-corrected chi connectivity index (χ3v) is 9.30. The van der Waals surface area contributed by atoms with Crippen LogP contribution in [0.15, 0.2) is 114 Å². The van der Waals surface area contributed by atoms with Crippen LogP contribution in [0.3, 0.4) is 0 Å². The van der Waals surface area contributed by atoms with Gasteiger partial charge in [0.15, 0.2) is 0 Å². The molecule has 230 valence electrons. The van der Waals surface area contributed by atoms with Crippen molar-refractivity contribution in [1.29, 1.82) is 0 Å². The Morgan fingerprint density at radius 2 is 1.43 bits per heavy atom. The maximum atomic E-state index is 14.4. The Morgan fingerprint density at radius 3 is 2.02 bits per heavy atom. The molecule has 2 atom stereocenters. The maximum Gasteiger partial charge on any atom is 0.264 e. The highest BCUT2D eigenvalue weighted by Crippen LogP contribution is 2.26. The SMILES string of the molecule is CC[C@@H](C)NC(=O)[C@H](Cc1ccccc1)N(Cc1ccc(F)cc1)C(=O)CN(c1ccccc1)S(=O)(=O)c1ccc(Cl)cc1. The Kier molecular flexibility index (Phi) is 11.1. The summed E-state index contributed by atoms with van der Waals surface area (Å²) in [6, 6.07) is 27.8. The molecule has 0 saturated heterocycles. The molecule has 44 heavy (non-hydrogen) atoms. The zero-order valence-corrected chi connectivity index (χ0v) is 26.1. The standard InChI is InChI=1S/C34H35ClFN3O4S/c1-3-25(2)37-34(41)32(22-26-10-6-4-7-11-26)38(23-27-14-18-29(36)19-15-27)33(40)24-39(30-12-8-5-9-13-30)44(42,43)31-20-16-28(35)17-21-31/h4-21,25,32H,3,22-24H2,1-2H3,(H,37,41)/t25-,32+/m1/s1. The van der Waals surface area contributed by atoms with Crippen LogP contribution < -0.4 is 9.62 Å². The molecule has 1 N–H and O–H groups in total. The number of nitrogens with one attached hydrogen (secondary N) is 1. The minimum absolute atomic E-state index is 0.0426. The third-order valence-electron chi connectivity index (χ3n) is 7.26. The first-order valence-corrected chi connectivity index (χ1v) is 16.1. The molecule has 4 aromatic carbocycles. The van der Waals surface area contributed by atoms with Crippen LogP contribution in [-0.2, 0) is 32.6 Å². The van der Waals surface area contributed by atoms with E-state index in [0.29, 0.717) is 17.0 Å². The molecule has 0 aliphatic heterocycles. The molecule has 0 radical (unpaired) electrons. The summed E-state index contributed by atoms with van der Waals surface area (Å²) in [4.78, 5) is 29.5. The van der Waals surface area contributed by atoms with Gasteiger partial charge in [0.1, 0.15) is 18.4 Å². The van der Waals surface area contributed by atoms with Crippen LogP contribution in [0.4, 0.5) is 10.1 Å². The number of nitrogens with zero attached hydrogens (tertiary/aromatic N) is 2. The van der Waals surface area contributed by atoms with Crippen molar-refractivity contribution in [2.24, 2.45) is 0 Å². The quantitative estimate of drug-likeness (QED) is 0.189. The van der Waals surface area contributed by atoms with E-state index in [1.165, 1.54) is 41.3 Å². The lowest BCUT2D eigenvalue weighted by molar-refractivity contribution is -0.140. The van der Waals surface area contributed by atoms with Crippen molar-refractivity contribution in [3.05, 3.63) is 131 Å². The summed E-state index contributed by atoms with van der Waals surface area (Å²) in [5.74, 6) is -1.41. The first-order valence-electron chi connectivity index (χ1n) is 14.3. The van der Waals surface area contributed by atoms with Gasteiger partial charge in [-0.25, -0.2) is 12.8 Å². The van der Waals surface area contributed by atoms with Gasteiger partial charge in [0.25, 0.3) is 10.0 Å². The van der Waals surface area contributed by atoms with Crippen molar-refractivity contribution in [3.63, 3.8) is 0 Å². The lowest BCUT2D eigenvalue weighted by Gasteiger charge is -2.34. The summed E-state index contributed by atoms with van der Waals surface area (Å²) in [5, 5.41) is 3.36. The first-order chi connectivity index (χ1) is 21.1. The van der Waals surface area contributed by atoms with Crippen molar-refractivity contribution in [2.45, 2.75) is 50.2 Å². The van der Waals surface area contributed by atoms with Gasteiger partial charge in [-0.3, -0.25) is 13.9 Å². The number of benzene rings is 4. The number of halogens is 2. The van der Waals surface area contributed by atoms with E-state index in [4.69, 9.17) is 11.6 Å². The first kappa shape index (κ1) is 32.7. The maximum absolute atomic E-state index is 14.4. The van der Waals surface area contributed by atoms with Crippen molar-refractivity contribution >= 4 is 39.1 Å². The highest BCUT2D eigenvalue weighted by atomic mass is 35.5. The normalized spacial score (nSPS) is 12.6. The fraction of sp³-hybridized carbons (Fsp3) is 0.235. The summed E-state index contributed by atoms with van der Waals surface area (Å²) in [6.45, 7) is 3.18. The van der Waals surface area contributed by atoms with Crippen molar-refractivity contribution in [3.8, 4) is 0 Å². The Morgan fingerprint density at radius 1 is 0.841 bits per heavy atom. The summed E-state index contributed by atoms with van der Waals surface area (Å²) < 4.78 is 42.8. The highest BCUT2D eigenvalue weighted by Gasteiger charge is 2.35. The van der Waals surface area contributed by atoms with E-state index in [9.17, 15) is 22.4 Å². The number of amides is 2. The van der Waals surface area contributed by atoms with Crippen LogP contribution in [0, 0.1) is 5.82 Å². The molecule has 4 rings (SSSR count). The molecule has 0 bridgehead atoms. The number of carbonyl (C=O) groups is 2. The molecular formula is C34H35ClFN3O4S. The number of para-hydroxylation sites is 1. The lowest BCUT2D eigenvalue weighted by Crippen LogP contribution is -2.54. The van der Waals surface area contributed by atoms with Crippen molar-refractivity contribution in [1.82, 2.24) is 10.2 Å². The van der Waals surface area contributed by atoms with Gasteiger partial charge >= 0.3 is 0 Å². The molecule has 0 aliphatic rings. The summed E-state index contributed by atoms with van der Waals surface area (Å²) >= 11 is 6.02. The molecule has 7 nitrogen and oxygen atoms in total. The van der Waals surface area contributed by atoms with Crippen LogP contribution >= 0.6 is 11.6 Å². The van der Waals surface area contributed by atoms with E-state index >= 15 is 0 Å². The van der Waals surface area contributed by atoms with Crippen LogP contribution in [0.1, 0.15) is 31.4 Å². The topological polar surface area (TPSA) is 86.8 Å². The van der Waals surface area contributed by atoms with Gasteiger partial charge in [-0.15, -0.1) is 0 Å². The van der Waals surface area contributed by atoms with Crippen molar-refractivity contribution < 1.29 is 22.4 Å². The number of sulfonamides is 1. The van der Waals surface area contributed by atoms with E-state index in [1.54, 1.807) is 42.5 Å². The van der Waals surface area contributed by atoms with E-state index in [0.717, 1.165) is 9.87 Å². The molecule has 4 aromatic rings. The summed E-state index contributed by atoms with van der Waals surface area (Å²) in [6.07, 6.45) is 0.863. The monoisotopic (exact) mass is 635 g/mol. The molecule has 0 saturated carbocycles. The number of anilines is 1. The van der Waals surface area contributed by atoms with Gasteiger partial charge in [0, 0.05) is 24.0 Å². The van der Waals surface area contributed by atoms with Gasteiger partial charge < -0.3 is 10.2 Å². The number of rotatable bonds is 13. The predicted molar refractivity (Wildman–Crippen MR) is 171 cm³/mol. The molecule has 0 fully saturated rings. The van der Waals surface area contributed by atoms with Gasteiger partial charge in [-0.2, -0.15) is 0 Å². The Balaban J connectivity index is 1.78. The Bertz CT molecular complexity index is 1640. The van der Waals surface area contributed by atoms with Crippen molar-refractivity contribution in [2.75, 3.05) is 10.8 Å². The highest BCUT2D eigenvalue weighted by molar-refractivity contribution is 7.92. The van der Waals surface area contributed by atoms with Gasteiger partial charge in [0.05, 0.1) is 10.6 Å². The minimum Gasteiger partial charge on any atom is -0.352 e. The van der Waals surface area contributed by atoms with Crippen LogP contribution in [-0.4, -0.2) is 43.8 Å². The molecular weight excluding hydrogens is 601 g/mol. The second kappa shape index (κ2) is 15.0. The smallest absolute Gasteiger partial charge is 0.264 e. The second-order valence-corrected chi connectivity index (χ2v) is 12.8. The molecule has 2 amide bonds. The van der Waals surface area contributed by atoms with E-state index in [-0.39, 0.29) is 35.5 Å². The van der Waals surface area contributed by atoms with Crippen LogP contribution in [0.2, 0.25) is 5.02 Å². The fourth-order valence-corrected chi connectivity index (χ4v) is 6.18. The summed E-state index contributed by atoms with van der Waals surface area (Å²) in [5.41, 5.74) is 1.68. The average Bonchev–Trinajstić information content (AvgIpc) is 3.03. The fourth-order valence-electron chi connectivity index (χ4n) is 4.64. The zero-order chi connectivity index (χ0) is 31.7. The average molecular weight is 636 g/mol. The van der Waals surface area contributed by atoms with E-state index in [2.05, 4.69) is 5.32 Å². The zero-order valence-electron chi connectivity index (χ0n) is 24.6. The summed E-state index contributed by atoms with van der Waals surface area (Å²) in [7, 11) is -4.23. The molecule has 0 spiro atoms. The molecule has 10 heteroatoms. The Hall–Kier alpha value is -4.21. The third kappa shape index (κ3) is 8.45. The lowest BCUT2D eigenvalue weighted by atomic mass is 10.0. The molecule has 0 unspecified atom stereocenters. The number of hydrogen-bond acceptors (Lipinski definition) is 4. The Labute approximate surface area is 263 Å².